The van der Waals surface area contributed by atoms with Crippen molar-refractivity contribution in [2.24, 2.45) is 0 Å². The minimum atomic E-state index is -1.22. The van der Waals surface area contributed by atoms with Gasteiger partial charge in [0.2, 0.25) is 5.95 Å². The zero-order chi connectivity index (χ0) is 28.9. The van der Waals surface area contributed by atoms with E-state index < -0.39 is 31.1 Å². The van der Waals surface area contributed by atoms with Crippen molar-refractivity contribution in [3.8, 4) is 5.75 Å². The molecule has 1 aliphatic heterocycles. The van der Waals surface area contributed by atoms with Crippen LogP contribution in [-0.4, -0.2) is 49.8 Å². The van der Waals surface area contributed by atoms with Crippen LogP contribution < -0.4 is 10.1 Å². The molecule has 0 amide bonds. The van der Waals surface area contributed by atoms with Crippen LogP contribution in [0.3, 0.4) is 0 Å². The summed E-state index contributed by atoms with van der Waals surface area (Å²) in [6, 6.07) is 34.4. The molecule has 4 N–H and O–H groups in total. The topological polar surface area (TPSA) is 109 Å². The molecule has 0 saturated carbocycles. The lowest BCUT2D eigenvalue weighted by molar-refractivity contribution is -0.0499. The Labute approximate surface area is 244 Å². The smallest absolute Gasteiger partial charge is 0.206 e. The number of hydrogen-bond acceptors (Lipinski definition) is 7. The Hall–Kier alpha value is -4.21. The third kappa shape index (κ3) is 6.03. The normalized spacial score (nSPS) is 20.2. The Morgan fingerprint density at radius 2 is 1.50 bits per heavy atom. The third-order valence-electron chi connectivity index (χ3n) is 7.71. The number of nitrogens with zero attached hydrogens (tertiary/aromatic N) is 2. The van der Waals surface area contributed by atoms with Crippen LogP contribution in [0.25, 0.3) is 11.0 Å². The molecule has 5 aromatic rings. The van der Waals surface area contributed by atoms with Gasteiger partial charge in [0.05, 0.1) is 17.6 Å². The number of ether oxygens (including phenoxy) is 2. The number of imidazole rings is 1. The SMILES string of the molecule is OC[C@H]1O[C@@H](n2c(NCc3ccc(CCc4ccccc4)c(OCc4ccccc4)c3)nc3ccccc32)[C@H](O)[C@@H]1O. The highest BCUT2D eigenvalue weighted by Gasteiger charge is 2.44. The molecule has 0 spiro atoms. The maximum absolute atomic E-state index is 10.8. The Bertz CT molecular complexity index is 1610. The summed E-state index contributed by atoms with van der Waals surface area (Å²) < 4.78 is 14.0. The van der Waals surface area contributed by atoms with Crippen LogP contribution in [0.4, 0.5) is 5.95 Å². The van der Waals surface area contributed by atoms with Crippen molar-refractivity contribution in [3.63, 3.8) is 0 Å². The lowest BCUT2D eigenvalue weighted by Gasteiger charge is -2.20. The molecule has 4 atom stereocenters. The average molecular weight is 566 g/mol. The lowest BCUT2D eigenvalue weighted by Crippen LogP contribution is -2.33. The first-order chi connectivity index (χ1) is 20.6. The van der Waals surface area contributed by atoms with Gasteiger partial charge in [0.25, 0.3) is 0 Å². The number of aliphatic hydroxyl groups excluding tert-OH is 3. The number of aromatic nitrogens is 2. The van der Waals surface area contributed by atoms with Crippen LogP contribution in [0.5, 0.6) is 5.75 Å². The summed E-state index contributed by atoms with van der Waals surface area (Å²) in [5.74, 6) is 1.33. The predicted octanol–water partition coefficient (Wildman–Crippen LogP) is 4.62. The van der Waals surface area contributed by atoms with E-state index in [-0.39, 0.29) is 0 Å². The second kappa shape index (κ2) is 12.8. The van der Waals surface area contributed by atoms with Crippen molar-refractivity contribution in [1.29, 1.82) is 0 Å². The van der Waals surface area contributed by atoms with Gasteiger partial charge in [-0.15, -0.1) is 0 Å². The van der Waals surface area contributed by atoms with Crippen molar-refractivity contribution >= 4 is 17.0 Å². The molecular weight excluding hydrogens is 530 g/mol. The average Bonchev–Trinajstić information content (AvgIpc) is 3.54. The van der Waals surface area contributed by atoms with E-state index in [4.69, 9.17) is 14.5 Å². The van der Waals surface area contributed by atoms with Crippen LogP contribution >= 0.6 is 0 Å². The predicted molar refractivity (Wildman–Crippen MR) is 161 cm³/mol. The molecule has 1 fully saturated rings. The summed E-state index contributed by atoms with van der Waals surface area (Å²) in [4.78, 5) is 4.75. The van der Waals surface area contributed by atoms with E-state index in [9.17, 15) is 15.3 Å². The monoisotopic (exact) mass is 565 g/mol. The Morgan fingerprint density at radius 3 is 2.24 bits per heavy atom. The largest absolute Gasteiger partial charge is 0.489 e. The number of para-hydroxylation sites is 2. The number of anilines is 1. The molecule has 0 aliphatic carbocycles. The van der Waals surface area contributed by atoms with E-state index >= 15 is 0 Å². The molecule has 216 valence electrons. The summed E-state index contributed by atoms with van der Waals surface area (Å²) >= 11 is 0. The van der Waals surface area contributed by atoms with Gasteiger partial charge in [0.15, 0.2) is 6.23 Å². The maximum Gasteiger partial charge on any atom is 0.206 e. The van der Waals surface area contributed by atoms with Crippen LogP contribution in [0.1, 0.15) is 28.5 Å². The molecule has 8 nitrogen and oxygen atoms in total. The molecule has 0 radical (unpaired) electrons. The summed E-state index contributed by atoms with van der Waals surface area (Å²) in [6.45, 7) is 0.516. The lowest BCUT2D eigenvalue weighted by atomic mass is 10.0. The van der Waals surface area contributed by atoms with Crippen LogP contribution in [0.15, 0.2) is 103 Å². The van der Waals surface area contributed by atoms with E-state index in [1.807, 2.05) is 48.5 Å². The van der Waals surface area contributed by atoms with Crippen molar-refractivity contribution < 1.29 is 24.8 Å². The van der Waals surface area contributed by atoms with Crippen LogP contribution in [0, 0.1) is 0 Å². The van der Waals surface area contributed by atoms with Gasteiger partial charge in [0.1, 0.15) is 30.7 Å². The van der Waals surface area contributed by atoms with Crippen molar-refractivity contribution in [1.82, 2.24) is 9.55 Å². The Morgan fingerprint density at radius 1 is 0.786 bits per heavy atom. The maximum atomic E-state index is 10.8. The number of rotatable bonds is 11. The highest BCUT2D eigenvalue weighted by Crippen LogP contribution is 2.35. The Balaban J connectivity index is 1.25. The van der Waals surface area contributed by atoms with E-state index in [1.54, 1.807) is 4.57 Å². The highest BCUT2D eigenvalue weighted by atomic mass is 16.6. The fourth-order valence-electron chi connectivity index (χ4n) is 5.41. The second-order valence-corrected chi connectivity index (χ2v) is 10.6. The highest BCUT2D eigenvalue weighted by molar-refractivity contribution is 5.78. The van der Waals surface area contributed by atoms with Gasteiger partial charge in [-0.1, -0.05) is 84.9 Å². The molecule has 1 aromatic heterocycles. The minimum Gasteiger partial charge on any atom is -0.489 e. The number of fused-ring (bicyclic) bond motifs is 1. The first-order valence-corrected chi connectivity index (χ1v) is 14.3. The molecule has 0 bridgehead atoms. The molecule has 2 heterocycles. The zero-order valence-corrected chi connectivity index (χ0v) is 23.2. The number of benzene rings is 4. The number of aliphatic hydroxyl groups is 3. The fraction of sp³-hybridized carbons (Fsp3) is 0.265. The first kappa shape index (κ1) is 27.9. The number of aryl methyl sites for hydroxylation is 2. The van der Waals surface area contributed by atoms with Crippen molar-refractivity contribution in [3.05, 3.63) is 125 Å². The number of hydrogen-bond donors (Lipinski definition) is 4. The van der Waals surface area contributed by atoms with Gasteiger partial charge < -0.3 is 30.1 Å². The quantitative estimate of drug-likeness (QED) is 0.185. The summed E-state index contributed by atoms with van der Waals surface area (Å²) in [5, 5.41) is 34.2. The van der Waals surface area contributed by atoms with Gasteiger partial charge in [-0.3, -0.25) is 4.57 Å². The van der Waals surface area contributed by atoms with E-state index in [1.165, 1.54) is 5.56 Å². The second-order valence-electron chi connectivity index (χ2n) is 10.6. The van der Waals surface area contributed by atoms with Crippen LogP contribution in [-0.2, 0) is 30.7 Å². The summed E-state index contributed by atoms with van der Waals surface area (Å²) in [5.41, 5.74) is 5.99. The van der Waals surface area contributed by atoms with Gasteiger partial charge in [-0.25, -0.2) is 4.98 Å². The van der Waals surface area contributed by atoms with Gasteiger partial charge in [-0.2, -0.15) is 0 Å². The van der Waals surface area contributed by atoms with Crippen molar-refractivity contribution in [2.45, 2.75) is 50.5 Å². The Kier molecular flexibility index (Phi) is 8.48. The van der Waals surface area contributed by atoms with Gasteiger partial charge in [0, 0.05) is 6.54 Å². The van der Waals surface area contributed by atoms with E-state index in [0.29, 0.717) is 19.1 Å². The molecule has 42 heavy (non-hydrogen) atoms. The zero-order valence-electron chi connectivity index (χ0n) is 23.2. The standard InChI is InChI=1S/C34H35N3O5/c38-21-30-31(39)32(40)33(42-30)37-28-14-8-7-13-27(28)36-34(37)35-20-25-16-18-26(17-15-23-9-3-1-4-10-23)29(19-25)41-22-24-11-5-2-6-12-24/h1-14,16,18-19,30-33,38-40H,15,17,20-22H2,(H,35,36)/t30-,31-,32-,33-/m1/s1. The number of nitrogens with one attached hydrogen (secondary N) is 1. The van der Waals surface area contributed by atoms with Gasteiger partial charge in [-0.05, 0) is 53.3 Å². The van der Waals surface area contributed by atoms with E-state index in [2.05, 4.69) is 59.9 Å². The molecular formula is C34H35N3O5. The third-order valence-corrected chi connectivity index (χ3v) is 7.71. The molecule has 6 rings (SSSR count). The first-order valence-electron chi connectivity index (χ1n) is 14.3. The molecule has 1 saturated heterocycles. The minimum absolute atomic E-state index is 0.396. The molecule has 1 aliphatic rings. The summed E-state index contributed by atoms with van der Waals surface area (Å²) in [7, 11) is 0. The van der Waals surface area contributed by atoms with Gasteiger partial charge >= 0.3 is 0 Å². The molecule has 0 unspecified atom stereocenters. The molecule has 8 heteroatoms. The van der Waals surface area contributed by atoms with Crippen LogP contribution in [0.2, 0.25) is 0 Å². The molecule has 4 aromatic carbocycles. The summed E-state index contributed by atoms with van der Waals surface area (Å²) in [6.07, 6.45) is -2.45. The van der Waals surface area contributed by atoms with Crippen molar-refractivity contribution in [2.75, 3.05) is 11.9 Å². The fourth-order valence-corrected chi connectivity index (χ4v) is 5.41. The van der Waals surface area contributed by atoms with E-state index in [0.717, 1.165) is 46.3 Å².